The van der Waals surface area contributed by atoms with Crippen LogP contribution in [-0.2, 0) is 9.47 Å². The number of hydrogen-bond acceptors (Lipinski definition) is 3. The Morgan fingerprint density at radius 3 is 2.56 bits per heavy atom. The summed E-state index contributed by atoms with van der Waals surface area (Å²) in [6.45, 7) is 7.84. The molecule has 0 bridgehead atoms. The smallest absolute Gasteiger partial charge is 0.0877 e. The Morgan fingerprint density at radius 1 is 1.50 bits per heavy atom. The summed E-state index contributed by atoms with van der Waals surface area (Å²) in [6, 6.07) is 0.342. The number of likely N-dealkylation sites (N-methyl/N-ethyl adjacent to an activating group) is 1. The van der Waals surface area contributed by atoms with Crippen LogP contribution < -0.4 is 5.32 Å². The third kappa shape index (κ3) is 3.06. The lowest BCUT2D eigenvalue weighted by molar-refractivity contribution is -0.109. The Morgan fingerprint density at radius 2 is 2.12 bits per heavy atom. The molecule has 1 fully saturated rings. The lowest BCUT2D eigenvalue weighted by atomic mass is 9.82. The Kier molecular flexibility index (Phi) is 5.46. The average molecular weight is 227 g/mol. The van der Waals surface area contributed by atoms with Crippen molar-refractivity contribution in [2.75, 3.05) is 27.4 Å². The second-order valence-corrected chi connectivity index (χ2v) is 4.53. The number of rotatable bonds is 6. The molecule has 1 rings (SSSR count). The first-order valence-corrected chi connectivity index (χ1v) is 6.15. The molecule has 1 unspecified atom stereocenters. The van der Waals surface area contributed by atoms with Gasteiger partial charge in [0.25, 0.3) is 0 Å². The molecule has 16 heavy (non-hydrogen) atoms. The van der Waals surface area contributed by atoms with Gasteiger partial charge in [0.15, 0.2) is 0 Å². The first-order valence-electron chi connectivity index (χ1n) is 6.15. The molecule has 0 spiro atoms. The highest BCUT2D eigenvalue weighted by molar-refractivity contribution is 5.04. The van der Waals surface area contributed by atoms with Crippen molar-refractivity contribution < 1.29 is 9.47 Å². The predicted octanol–water partition coefficient (Wildman–Crippen LogP) is 2.13. The van der Waals surface area contributed by atoms with Crippen LogP contribution >= 0.6 is 0 Å². The van der Waals surface area contributed by atoms with Crippen LogP contribution in [0.1, 0.15) is 32.6 Å². The van der Waals surface area contributed by atoms with E-state index in [1.807, 2.05) is 14.2 Å². The highest BCUT2D eigenvalue weighted by Crippen LogP contribution is 2.31. The molecule has 0 aromatic rings. The van der Waals surface area contributed by atoms with Gasteiger partial charge in [0.2, 0.25) is 0 Å². The van der Waals surface area contributed by atoms with E-state index < -0.39 is 0 Å². The average Bonchev–Trinajstić information content (AvgIpc) is 2.36. The van der Waals surface area contributed by atoms with E-state index in [1.165, 1.54) is 5.57 Å². The fourth-order valence-corrected chi connectivity index (χ4v) is 2.40. The Bertz CT molecular complexity index is 222. The maximum atomic E-state index is 5.79. The standard InChI is InChI=1S/C13H25NO2/c1-5-11(2)10-12(14-3)13(15-4)6-8-16-9-7-13/h12,14H,2,5-10H2,1,3-4H3. The van der Waals surface area contributed by atoms with Crippen LogP contribution in [0.5, 0.6) is 0 Å². The van der Waals surface area contributed by atoms with E-state index in [2.05, 4.69) is 18.8 Å². The number of ether oxygens (including phenoxy) is 2. The van der Waals surface area contributed by atoms with E-state index in [0.29, 0.717) is 6.04 Å². The van der Waals surface area contributed by atoms with Gasteiger partial charge in [-0.15, -0.1) is 0 Å². The summed E-state index contributed by atoms with van der Waals surface area (Å²) >= 11 is 0. The molecule has 0 radical (unpaired) electrons. The lowest BCUT2D eigenvalue weighted by Crippen LogP contribution is -2.54. The van der Waals surface area contributed by atoms with Gasteiger partial charge in [-0.1, -0.05) is 19.1 Å². The van der Waals surface area contributed by atoms with Gasteiger partial charge in [-0.05, 0) is 19.9 Å². The molecule has 0 aliphatic carbocycles. The zero-order chi connectivity index (χ0) is 12.0. The molecule has 94 valence electrons. The van der Waals surface area contributed by atoms with Crippen molar-refractivity contribution in [1.29, 1.82) is 0 Å². The Balaban J connectivity index is 2.69. The van der Waals surface area contributed by atoms with Crippen LogP contribution in [0.25, 0.3) is 0 Å². The van der Waals surface area contributed by atoms with E-state index in [-0.39, 0.29) is 5.60 Å². The molecule has 0 saturated carbocycles. The minimum Gasteiger partial charge on any atom is -0.381 e. The minimum absolute atomic E-state index is 0.0783. The van der Waals surface area contributed by atoms with Crippen LogP contribution in [0.4, 0.5) is 0 Å². The van der Waals surface area contributed by atoms with Gasteiger partial charge >= 0.3 is 0 Å². The molecule has 0 aromatic heterocycles. The first-order chi connectivity index (χ1) is 7.68. The van der Waals surface area contributed by atoms with Crippen molar-refractivity contribution in [3.8, 4) is 0 Å². The number of methoxy groups -OCH3 is 1. The molecule has 3 nitrogen and oxygen atoms in total. The van der Waals surface area contributed by atoms with Gasteiger partial charge in [0.1, 0.15) is 0 Å². The maximum absolute atomic E-state index is 5.79. The maximum Gasteiger partial charge on any atom is 0.0877 e. The highest BCUT2D eigenvalue weighted by atomic mass is 16.5. The van der Waals surface area contributed by atoms with Gasteiger partial charge in [0.05, 0.1) is 5.60 Å². The zero-order valence-electron chi connectivity index (χ0n) is 10.8. The fourth-order valence-electron chi connectivity index (χ4n) is 2.40. The molecular formula is C13H25NO2. The molecule has 1 heterocycles. The summed E-state index contributed by atoms with van der Waals surface area (Å²) < 4.78 is 11.2. The van der Waals surface area contributed by atoms with Crippen LogP contribution in [0.3, 0.4) is 0 Å². The predicted molar refractivity (Wildman–Crippen MR) is 66.7 cm³/mol. The van der Waals surface area contributed by atoms with Crippen molar-refractivity contribution in [3.63, 3.8) is 0 Å². The Labute approximate surface area is 99.2 Å². The summed E-state index contributed by atoms with van der Waals surface area (Å²) in [5.41, 5.74) is 1.20. The van der Waals surface area contributed by atoms with Crippen molar-refractivity contribution >= 4 is 0 Å². The normalized spacial score (nSPS) is 21.7. The van der Waals surface area contributed by atoms with Crippen molar-refractivity contribution in [3.05, 3.63) is 12.2 Å². The lowest BCUT2D eigenvalue weighted by Gasteiger charge is -2.42. The summed E-state index contributed by atoms with van der Waals surface area (Å²) in [5, 5.41) is 3.39. The summed E-state index contributed by atoms with van der Waals surface area (Å²) in [6.07, 6.45) is 3.95. The Hall–Kier alpha value is -0.380. The quantitative estimate of drug-likeness (QED) is 0.705. The van der Waals surface area contributed by atoms with Gasteiger partial charge in [-0.25, -0.2) is 0 Å². The molecular weight excluding hydrogens is 202 g/mol. The van der Waals surface area contributed by atoms with Crippen LogP contribution in [-0.4, -0.2) is 39.0 Å². The molecule has 1 aliphatic heterocycles. The molecule has 1 N–H and O–H groups in total. The van der Waals surface area contributed by atoms with E-state index in [0.717, 1.165) is 38.9 Å². The second kappa shape index (κ2) is 6.38. The van der Waals surface area contributed by atoms with Crippen molar-refractivity contribution in [2.24, 2.45) is 0 Å². The second-order valence-electron chi connectivity index (χ2n) is 4.53. The largest absolute Gasteiger partial charge is 0.381 e. The molecule has 0 amide bonds. The molecule has 1 saturated heterocycles. The van der Waals surface area contributed by atoms with Crippen molar-refractivity contribution in [2.45, 2.75) is 44.2 Å². The highest BCUT2D eigenvalue weighted by Gasteiger charge is 2.39. The molecule has 0 aromatic carbocycles. The summed E-state index contributed by atoms with van der Waals surface area (Å²) in [7, 11) is 3.81. The summed E-state index contributed by atoms with van der Waals surface area (Å²) in [5.74, 6) is 0. The third-order valence-corrected chi connectivity index (χ3v) is 3.72. The van der Waals surface area contributed by atoms with E-state index in [9.17, 15) is 0 Å². The molecule has 1 aliphatic rings. The third-order valence-electron chi connectivity index (χ3n) is 3.72. The van der Waals surface area contributed by atoms with Crippen LogP contribution in [0, 0.1) is 0 Å². The zero-order valence-corrected chi connectivity index (χ0v) is 10.8. The fraction of sp³-hybridized carbons (Fsp3) is 0.846. The van der Waals surface area contributed by atoms with Gasteiger partial charge < -0.3 is 14.8 Å². The van der Waals surface area contributed by atoms with Gasteiger partial charge in [-0.3, -0.25) is 0 Å². The number of nitrogens with one attached hydrogen (secondary N) is 1. The van der Waals surface area contributed by atoms with Gasteiger partial charge in [-0.2, -0.15) is 0 Å². The van der Waals surface area contributed by atoms with Crippen molar-refractivity contribution in [1.82, 2.24) is 5.32 Å². The van der Waals surface area contributed by atoms with Gasteiger partial charge in [0, 0.05) is 39.2 Å². The topological polar surface area (TPSA) is 30.5 Å². The molecule has 1 atom stereocenters. The van der Waals surface area contributed by atoms with Crippen LogP contribution in [0.2, 0.25) is 0 Å². The molecule has 3 heteroatoms. The van der Waals surface area contributed by atoms with E-state index in [1.54, 1.807) is 0 Å². The SMILES string of the molecule is C=C(CC)CC(NC)C1(OC)CCOCC1. The first kappa shape index (κ1) is 13.7. The minimum atomic E-state index is -0.0783. The monoisotopic (exact) mass is 227 g/mol. The van der Waals surface area contributed by atoms with E-state index >= 15 is 0 Å². The van der Waals surface area contributed by atoms with E-state index in [4.69, 9.17) is 9.47 Å². The number of hydrogen-bond donors (Lipinski definition) is 1. The van der Waals surface area contributed by atoms with Crippen LogP contribution in [0.15, 0.2) is 12.2 Å². The summed E-state index contributed by atoms with van der Waals surface area (Å²) in [4.78, 5) is 0.